The third kappa shape index (κ3) is 2.84. The maximum Gasteiger partial charge on any atom is 0.244 e. The van der Waals surface area contributed by atoms with Crippen LogP contribution in [0.5, 0.6) is 0 Å². The molecule has 0 bridgehead atoms. The Balaban J connectivity index is 2.35. The summed E-state index contributed by atoms with van der Waals surface area (Å²) in [5, 5.41) is 9.26. The number of aryl methyl sites for hydroxylation is 1. The van der Waals surface area contributed by atoms with Crippen molar-refractivity contribution in [2.75, 3.05) is 18.1 Å². The molecule has 0 spiro atoms. The number of thioether (sulfide) groups is 1. The number of hydrogen-bond donors (Lipinski definition) is 1. The van der Waals surface area contributed by atoms with Crippen molar-refractivity contribution in [3.63, 3.8) is 0 Å². The highest BCUT2D eigenvalue weighted by Crippen LogP contribution is 2.25. The predicted octanol–water partition coefficient (Wildman–Crippen LogP) is 1.13. The second-order valence-electron chi connectivity index (χ2n) is 4.65. The molecule has 0 aromatic carbocycles. The van der Waals surface area contributed by atoms with E-state index in [0.29, 0.717) is 18.8 Å². The number of nitrogens with zero attached hydrogens (tertiary/aromatic N) is 2. The van der Waals surface area contributed by atoms with Crippen LogP contribution in [0.15, 0.2) is 17.2 Å². The van der Waals surface area contributed by atoms with Gasteiger partial charge in [-0.2, -0.15) is 16.1 Å². The highest BCUT2D eigenvalue weighted by Gasteiger charge is 2.32. The summed E-state index contributed by atoms with van der Waals surface area (Å²) in [4.78, 5) is 0.289. The summed E-state index contributed by atoms with van der Waals surface area (Å²) in [5.41, 5.74) is 0.639. The quantitative estimate of drug-likeness (QED) is 0.905. The molecule has 5 nitrogen and oxygen atoms in total. The molecule has 1 N–H and O–H groups in total. The lowest BCUT2D eigenvalue weighted by Crippen LogP contribution is -2.44. The molecule has 1 aliphatic heterocycles. The molecule has 0 amide bonds. The predicted molar refractivity (Wildman–Crippen MR) is 76.7 cm³/mol. The van der Waals surface area contributed by atoms with Crippen molar-refractivity contribution >= 4 is 21.8 Å². The number of aliphatic hydroxyl groups excluding tert-OH is 1. The first-order chi connectivity index (χ1) is 9.00. The number of hydrogen-bond acceptors (Lipinski definition) is 4. The molecule has 0 saturated carbocycles. The fraction of sp³-hybridized carbons (Fsp3) is 0.667. The summed E-state index contributed by atoms with van der Waals surface area (Å²) in [6.07, 6.45) is 1.62. The van der Waals surface area contributed by atoms with E-state index < -0.39 is 10.0 Å². The number of sulfonamides is 1. The van der Waals surface area contributed by atoms with Crippen LogP contribution in [0.2, 0.25) is 0 Å². The summed E-state index contributed by atoms with van der Waals surface area (Å²) >= 11 is 1.78. The molecule has 1 aliphatic rings. The first-order valence-corrected chi connectivity index (χ1v) is 8.99. The van der Waals surface area contributed by atoms with Crippen LogP contribution < -0.4 is 0 Å². The fourth-order valence-electron chi connectivity index (χ4n) is 2.30. The Morgan fingerprint density at radius 2 is 2.26 bits per heavy atom. The molecule has 1 saturated heterocycles. The van der Waals surface area contributed by atoms with Gasteiger partial charge in [0.05, 0.1) is 6.61 Å². The van der Waals surface area contributed by atoms with Gasteiger partial charge in [0.1, 0.15) is 4.90 Å². The van der Waals surface area contributed by atoms with E-state index >= 15 is 0 Å². The molecule has 1 aromatic heterocycles. The lowest BCUT2D eigenvalue weighted by Gasteiger charge is -2.31. The van der Waals surface area contributed by atoms with Crippen molar-refractivity contribution in [3.05, 3.63) is 18.0 Å². The normalized spacial score (nSPS) is 21.7. The molecule has 19 heavy (non-hydrogen) atoms. The second kappa shape index (κ2) is 5.87. The van der Waals surface area contributed by atoms with E-state index in [1.165, 1.54) is 0 Å². The lowest BCUT2D eigenvalue weighted by molar-refractivity contribution is 0.271. The maximum absolute atomic E-state index is 12.6. The summed E-state index contributed by atoms with van der Waals surface area (Å²) in [6, 6.07) is 1.60. The summed E-state index contributed by atoms with van der Waals surface area (Å²) in [7, 11) is -3.45. The number of rotatable bonds is 4. The standard InChI is InChI=1S/C12H20N2O3S2/c1-3-13-7-12(6-11(13)8-15)19(16,17)14-4-5-18-9-10(14)2/h6-7,10,15H,3-5,8-9H2,1-2H3. The van der Waals surface area contributed by atoms with Gasteiger partial charge < -0.3 is 9.67 Å². The van der Waals surface area contributed by atoms with E-state index in [1.54, 1.807) is 32.9 Å². The van der Waals surface area contributed by atoms with Crippen molar-refractivity contribution in [2.24, 2.45) is 0 Å². The average molecular weight is 304 g/mol. The van der Waals surface area contributed by atoms with E-state index in [4.69, 9.17) is 0 Å². The second-order valence-corrected chi connectivity index (χ2v) is 7.69. The summed E-state index contributed by atoms with van der Waals surface area (Å²) < 4.78 is 28.6. The molecule has 2 rings (SSSR count). The zero-order valence-corrected chi connectivity index (χ0v) is 12.9. The first kappa shape index (κ1) is 14.9. The molecule has 7 heteroatoms. The van der Waals surface area contributed by atoms with Gasteiger partial charge in [0.15, 0.2) is 0 Å². The number of aliphatic hydroxyl groups is 1. The highest BCUT2D eigenvalue weighted by molar-refractivity contribution is 7.99. The summed E-state index contributed by atoms with van der Waals surface area (Å²) in [6.45, 7) is 4.93. The van der Waals surface area contributed by atoms with Crippen molar-refractivity contribution in [3.8, 4) is 0 Å². The van der Waals surface area contributed by atoms with Crippen LogP contribution in [0.4, 0.5) is 0 Å². The van der Waals surface area contributed by atoms with Gasteiger partial charge in [0.2, 0.25) is 10.0 Å². The van der Waals surface area contributed by atoms with Gasteiger partial charge in [-0.1, -0.05) is 0 Å². The van der Waals surface area contributed by atoms with Crippen LogP contribution in [-0.2, 0) is 23.2 Å². The largest absolute Gasteiger partial charge is 0.390 e. The van der Waals surface area contributed by atoms with Gasteiger partial charge in [-0.15, -0.1) is 0 Å². The SMILES string of the molecule is CCn1cc(S(=O)(=O)N2CCSCC2C)cc1CO. The van der Waals surface area contributed by atoms with E-state index in [2.05, 4.69) is 0 Å². The molecule has 0 aliphatic carbocycles. The van der Waals surface area contributed by atoms with Gasteiger partial charge in [-0.05, 0) is 19.9 Å². The lowest BCUT2D eigenvalue weighted by atomic mass is 10.4. The molecule has 2 heterocycles. The van der Waals surface area contributed by atoms with Crippen LogP contribution in [0, 0.1) is 0 Å². The Labute approximate surface area is 118 Å². The van der Waals surface area contributed by atoms with Crippen molar-refractivity contribution in [1.29, 1.82) is 0 Å². The molecule has 1 atom stereocenters. The minimum Gasteiger partial charge on any atom is -0.390 e. The van der Waals surface area contributed by atoms with Gasteiger partial charge in [0.25, 0.3) is 0 Å². The molecule has 1 unspecified atom stereocenters. The highest BCUT2D eigenvalue weighted by atomic mass is 32.2. The van der Waals surface area contributed by atoms with Crippen molar-refractivity contribution < 1.29 is 13.5 Å². The average Bonchev–Trinajstić information content (AvgIpc) is 2.83. The zero-order chi connectivity index (χ0) is 14.0. The molecular formula is C12H20N2O3S2. The zero-order valence-electron chi connectivity index (χ0n) is 11.2. The molecule has 1 aromatic rings. The van der Waals surface area contributed by atoms with Gasteiger partial charge in [0, 0.05) is 42.5 Å². The Bertz CT molecular complexity index is 518. The van der Waals surface area contributed by atoms with E-state index in [-0.39, 0.29) is 17.5 Å². The smallest absolute Gasteiger partial charge is 0.244 e. The van der Waals surface area contributed by atoms with E-state index in [9.17, 15) is 13.5 Å². The van der Waals surface area contributed by atoms with Crippen LogP contribution in [-0.4, -0.2) is 46.5 Å². The number of aromatic nitrogens is 1. The van der Waals surface area contributed by atoms with Crippen LogP contribution in [0.25, 0.3) is 0 Å². The first-order valence-electron chi connectivity index (χ1n) is 6.40. The van der Waals surface area contributed by atoms with Gasteiger partial charge in [-0.25, -0.2) is 8.42 Å². The minimum atomic E-state index is -3.45. The Morgan fingerprint density at radius 3 is 2.79 bits per heavy atom. The topological polar surface area (TPSA) is 62.5 Å². The third-order valence-electron chi connectivity index (χ3n) is 3.38. The molecule has 0 radical (unpaired) electrons. The van der Waals surface area contributed by atoms with Crippen LogP contribution in [0.3, 0.4) is 0 Å². The maximum atomic E-state index is 12.6. The fourth-order valence-corrected chi connectivity index (χ4v) is 5.22. The van der Waals surface area contributed by atoms with Crippen molar-refractivity contribution in [1.82, 2.24) is 8.87 Å². The molecular weight excluding hydrogens is 284 g/mol. The van der Waals surface area contributed by atoms with Gasteiger partial charge >= 0.3 is 0 Å². The Morgan fingerprint density at radius 1 is 1.53 bits per heavy atom. The molecule has 1 fully saturated rings. The van der Waals surface area contributed by atoms with Gasteiger partial charge in [-0.3, -0.25) is 0 Å². The van der Waals surface area contributed by atoms with Crippen molar-refractivity contribution in [2.45, 2.75) is 37.9 Å². The van der Waals surface area contributed by atoms with E-state index in [0.717, 1.165) is 11.5 Å². The molecule has 108 valence electrons. The van der Waals surface area contributed by atoms with Crippen LogP contribution >= 0.6 is 11.8 Å². The summed E-state index contributed by atoms with van der Waals surface area (Å²) in [5.74, 6) is 1.67. The minimum absolute atomic E-state index is 0.0197. The Hall–Kier alpha value is -0.500. The Kier molecular flexibility index (Phi) is 4.60. The van der Waals surface area contributed by atoms with Crippen LogP contribution in [0.1, 0.15) is 19.5 Å². The third-order valence-corrected chi connectivity index (χ3v) is 6.55. The van der Waals surface area contributed by atoms with E-state index in [1.807, 2.05) is 13.8 Å². The monoisotopic (exact) mass is 304 g/mol.